The Morgan fingerprint density at radius 2 is 1.96 bits per heavy atom. The van der Waals surface area contributed by atoms with Crippen molar-refractivity contribution in [3.05, 3.63) is 35.6 Å². The van der Waals surface area contributed by atoms with E-state index in [9.17, 15) is 26.0 Å². The zero-order chi connectivity index (χ0) is 20.1. The number of nitrogens with one attached hydrogen (secondary N) is 2. The van der Waals surface area contributed by atoms with Crippen molar-refractivity contribution in [2.75, 3.05) is 26.7 Å². The molecule has 1 aliphatic heterocycles. The smallest absolute Gasteiger partial charge is 0.356 e. The molecular weight excluding hydrogens is 388 g/mol. The van der Waals surface area contributed by atoms with Gasteiger partial charge in [0.15, 0.2) is 5.96 Å². The lowest BCUT2D eigenvalue weighted by atomic mass is 10.1. The van der Waals surface area contributed by atoms with E-state index < -0.39 is 15.5 Å². The van der Waals surface area contributed by atoms with Gasteiger partial charge in [-0.15, -0.1) is 0 Å². The molecule has 11 heteroatoms. The zero-order valence-electron chi connectivity index (χ0n) is 14.8. The van der Waals surface area contributed by atoms with Crippen LogP contribution in [0.3, 0.4) is 0 Å². The van der Waals surface area contributed by atoms with Crippen molar-refractivity contribution in [2.24, 2.45) is 4.99 Å². The second kappa shape index (κ2) is 8.87. The van der Waals surface area contributed by atoms with Gasteiger partial charge in [-0.2, -0.15) is 17.5 Å². The minimum Gasteiger partial charge on any atom is -0.356 e. The maximum atomic E-state index is 13.1. The van der Waals surface area contributed by atoms with E-state index in [0.717, 1.165) is 5.56 Å². The van der Waals surface area contributed by atoms with Crippen LogP contribution in [0.2, 0.25) is 0 Å². The van der Waals surface area contributed by atoms with Crippen LogP contribution in [0.1, 0.15) is 18.4 Å². The largest absolute Gasteiger partial charge is 0.511 e. The standard InChI is InChI=1S/C16H22F4N4O2S/c1-21-15(22-8-5-12-3-2-4-13(17)11-12)23-14-6-9-24(10-7-14)27(25,26)16(18,19)20/h2-4,11,14H,5-10H2,1H3,(H2,21,22,23). The van der Waals surface area contributed by atoms with E-state index in [1.165, 1.54) is 12.1 Å². The van der Waals surface area contributed by atoms with Gasteiger partial charge >= 0.3 is 15.5 Å². The van der Waals surface area contributed by atoms with Gasteiger partial charge in [0, 0.05) is 32.7 Å². The molecule has 0 unspecified atom stereocenters. The maximum absolute atomic E-state index is 13.1. The summed E-state index contributed by atoms with van der Waals surface area (Å²) in [6.07, 6.45) is 1.04. The first-order valence-electron chi connectivity index (χ1n) is 8.41. The molecule has 0 aromatic heterocycles. The lowest BCUT2D eigenvalue weighted by Crippen LogP contribution is -2.51. The molecule has 27 heavy (non-hydrogen) atoms. The van der Waals surface area contributed by atoms with Crippen LogP contribution in [0.25, 0.3) is 0 Å². The van der Waals surface area contributed by atoms with Crippen molar-refractivity contribution in [1.82, 2.24) is 14.9 Å². The highest BCUT2D eigenvalue weighted by Crippen LogP contribution is 2.28. The Morgan fingerprint density at radius 1 is 1.30 bits per heavy atom. The fourth-order valence-electron chi connectivity index (χ4n) is 2.79. The van der Waals surface area contributed by atoms with Crippen LogP contribution in [0.15, 0.2) is 29.3 Å². The molecule has 0 bridgehead atoms. The molecule has 0 amide bonds. The number of hydrogen-bond donors (Lipinski definition) is 2. The first-order valence-corrected chi connectivity index (χ1v) is 9.85. The number of sulfonamides is 1. The van der Waals surface area contributed by atoms with E-state index in [0.29, 0.717) is 23.2 Å². The van der Waals surface area contributed by atoms with Gasteiger partial charge in [-0.3, -0.25) is 4.99 Å². The monoisotopic (exact) mass is 410 g/mol. The summed E-state index contributed by atoms with van der Waals surface area (Å²) in [5, 5.41) is 6.13. The molecular formula is C16H22F4N4O2S. The normalized spacial score (nSPS) is 17.7. The number of benzene rings is 1. The van der Waals surface area contributed by atoms with Crippen LogP contribution in [0.4, 0.5) is 17.6 Å². The highest BCUT2D eigenvalue weighted by atomic mass is 32.2. The van der Waals surface area contributed by atoms with Gasteiger partial charge in [0.25, 0.3) is 0 Å². The molecule has 6 nitrogen and oxygen atoms in total. The molecule has 1 fully saturated rings. The molecule has 0 aliphatic carbocycles. The molecule has 1 aromatic carbocycles. The number of nitrogens with zero attached hydrogens (tertiary/aromatic N) is 2. The third-order valence-electron chi connectivity index (χ3n) is 4.25. The Hall–Kier alpha value is -1.88. The van der Waals surface area contributed by atoms with Gasteiger partial charge in [0.05, 0.1) is 0 Å². The Labute approximate surface area is 155 Å². The summed E-state index contributed by atoms with van der Waals surface area (Å²) in [6, 6.07) is 6.04. The average Bonchev–Trinajstić information content (AvgIpc) is 2.60. The summed E-state index contributed by atoms with van der Waals surface area (Å²) < 4.78 is 74.2. The molecule has 1 saturated heterocycles. The summed E-state index contributed by atoms with van der Waals surface area (Å²) in [6.45, 7) is 0.0734. The summed E-state index contributed by atoms with van der Waals surface area (Å²) in [5.74, 6) is 0.152. The summed E-state index contributed by atoms with van der Waals surface area (Å²) in [5.41, 5.74) is -4.45. The molecule has 0 radical (unpaired) electrons. The number of hydrogen-bond acceptors (Lipinski definition) is 3. The van der Waals surface area contributed by atoms with Crippen molar-refractivity contribution in [1.29, 1.82) is 0 Å². The molecule has 2 N–H and O–H groups in total. The van der Waals surface area contributed by atoms with Crippen LogP contribution in [-0.4, -0.2) is 56.9 Å². The van der Waals surface area contributed by atoms with Gasteiger partial charge < -0.3 is 10.6 Å². The van der Waals surface area contributed by atoms with Crippen LogP contribution >= 0.6 is 0 Å². The Bertz CT molecular complexity index is 760. The van der Waals surface area contributed by atoms with E-state index in [1.54, 1.807) is 19.2 Å². The Kier molecular flexibility index (Phi) is 7.04. The first kappa shape index (κ1) is 21.4. The van der Waals surface area contributed by atoms with E-state index in [4.69, 9.17) is 0 Å². The van der Waals surface area contributed by atoms with Crippen molar-refractivity contribution in [3.8, 4) is 0 Å². The fourth-order valence-corrected chi connectivity index (χ4v) is 3.78. The van der Waals surface area contributed by atoms with Gasteiger partial charge in [-0.25, -0.2) is 12.8 Å². The molecule has 0 atom stereocenters. The van der Waals surface area contributed by atoms with Crippen LogP contribution < -0.4 is 10.6 Å². The third-order valence-corrected chi connectivity index (χ3v) is 5.88. The van der Waals surface area contributed by atoms with Crippen LogP contribution in [0.5, 0.6) is 0 Å². The van der Waals surface area contributed by atoms with Gasteiger partial charge in [-0.05, 0) is 37.0 Å². The van der Waals surface area contributed by atoms with E-state index in [-0.39, 0.29) is 37.8 Å². The Balaban J connectivity index is 1.79. The minimum absolute atomic E-state index is 0.190. The first-order chi connectivity index (χ1) is 12.6. The maximum Gasteiger partial charge on any atom is 0.511 e. The molecule has 1 aliphatic rings. The quantitative estimate of drug-likeness (QED) is 0.442. The van der Waals surface area contributed by atoms with Crippen molar-refractivity contribution >= 4 is 16.0 Å². The zero-order valence-corrected chi connectivity index (χ0v) is 15.6. The van der Waals surface area contributed by atoms with Crippen LogP contribution in [-0.2, 0) is 16.4 Å². The highest BCUT2D eigenvalue weighted by Gasteiger charge is 2.50. The molecule has 1 heterocycles. The lowest BCUT2D eigenvalue weighted by Gasteiger charge is -2.32. The van der Waals surface area contributed by atoms with E-state index in [1.807, 2.05) is 0 Å². The third kappa shape index (κ3) is 5.80. The van der Waals surface area contributed by atoms with Gasteiger partial charge in [-0.1, -0.05) is 12.1 Å². The Morgan fingerprint density at radius 3 is 2.52 bits per heavy atom. The van der Waals surface area contributed by atoms with Crippen molar-refractivity contribution in [3.63, 3.8) is 0 Å². The number of rotatable bonds is 5. The molecule has 0 spiro atoms. The predicted octanol–water partition coefficient (Wildman–Crippen LogP) is 1.85. The highest BCUT2D eigenvalue weighted by molar-refractivity contribution is 7.90. The molecule has 152 valence electrons. The van der Waals surface area contributed by atoms with Crippen molar-refractivity contribution in [2.45, 2.75) is 30.8 Å². The number of aliphatic imine (C=N–C) groups is 1. The number of halogens is 4. The minimum atomic E-state index is -5.28. The summed E-state index contributed by atoms with van der Waals surface area (Å²) in [7, 11) is -3.72. The molecule has 0 saturated carbocycles. The molecule has 2 rings (SSSR count). The fraction of sp³-hybridized carbons (Fsp3) is 0.562. The lowest BCUT2D eigenvalue weighted by molar-refractivity contribution is -0.0494. The number of piperidine rings is 1. The van der Waals surface area contributed by atoms with E-state index in [2.05, 4.69) is 15.6 Å². The van der Waals surface area contributed by atoms with Gasteiger partial charge in [0.1, 0.15) is 5.82 Å². The van der Waals surface area contributed by atoms with Gasteiger partial charge in [0.2, 0.25) is 0 Å². The van der Waals surface area contributed by atoms with Crippen LogP contribution in [0, 0.1) is 5.82 Å². The second-order valence-electron chi connectivity index (χ2n) is 6.15. The predicted molar refractivity (Wildman–Crippen MR) is 94.2 cm³/mol. The van der Waals surface area contributed by atoms with E-state index >= 15 is 0 Å². The SMILES string of the molecule is CN=C(NCCc1cccc(F)c1)NC1CCN(S(=O)(=O)C(F)(F)F)CC1. The summed E-state index contributed by atoms with van der Waals surface area (Å²) in [4.78, 5) is 4.05. The summed E-state index contributed by atoms with van der Waals surface area (Å²) >= 11 is 0. The number of guanidine groups is 1. The topological polar surface area (TPSA) is 73.8 Å². The number of alkyl halides is 3. The second-order valence-corrected chi connectivity index (χ2v) is 8.08. The van der Waals surface area contributed by atoms with Crippen molar-refractivity contribution < 1.29 is 26.0 Å². The average molecular weight is 410 g/mol. The molecule has 1 aromatic rings.